The quantitative estimate of drug-likeness (QED) is 0.701. The van der Waals surface area contributed by atoms with Crippen molar-refractivity contribution in [2.45, 2.75) is 56.2 Å². The highest BCUT2D eigenvalue weighted by Crippen LogP contribution is 2.52. The van der Waals surface area contributed by atoms with Gasteiger partial charge in [0.25, 0.3) is 0 Å². The lowest BCUT2D eigenvalue weighted by Crippen LogP contribution is -2.60. The maximum absolute atomic E-state index is 13.1. The molecule has 0 aromatic rings. The molecule has 4 fully saturated rings. The first-order valence-electron chi connectivity index (χ1n) is 6.38. The maximum atomic E-state index is 13.1. The van der Waals surface area contributed by atoms with E-state index < -0.39 is 24.4 Å². The van der Waals surface area contributed by atoms with Crippen molar-refractivity contribution in [3.8, 4) is 0 Å². The van der Waals surface area contributed by atoms with E-state index in [2.05, 4.69) is 0 Å². The minimum atomic E-state index is -1.25. The topological polar surface area (TPSA) is 36.9 Å². The van der Waals surface area contributed by atoms with E-state index in [9.17, 15) is 4.39 Å². The monoisotopic (exact) mass is 246 g/mol. The minimum absolute atomic E-state index is 0.345. The lowest BCUT2D eigenvalue weighted by molar-refractivity contribution is -0.552. The van der Waals surface area contributed by atoms with Crippen molar-refractivity contribution in [1.82, 2.24) is 0 Å². The highest BCUT2D eigenvalue weighted by atomic mass is 19.1. The predicted octanol–water partition coefficient (Wildman–Crippen LogP) is 2.33. The number of ether oxygens (including phenoxy) is 2. The molecule has 0 amide bonds. The molecule has 4 atom stereocenters. The van der Waals surface area contributed by atoms with Gasteiger partial charge in [0, 0.05) is 13.5 Å². The first-order chi connectivity index (χ1) is 8.25. The third kappa shape index (κ3) is 1.63. The van der Waals surface area contributed by atoms with Crippen molar-refractivity contribution in [2.75, 3.05) is 13.8 Å². The Morgan fingerprint density at radius 2 is 2.12 bits per heavy atom. The summed E-state index contributed by atoms with van der Waals surface area (Å²) in [5.74, 6) is -0.902. The van der Waals surface area contributed by atoms with Crippen molar-refractivity contribution < 1.29 is 23.6 Å². The lowest BCUT2D eigenvalue weighted by Gasteiger charge is -2.49. The van der Waals surface area contributed by atoms with Crippen molar-refractivity contribution in [2.24, 2.45) is 5.92 Å². The number of methoxy groups -OCH3 is 1. The zero-order chi connectivity index (χ0) is 11.9. The number of hydrogen-bond acceptors (Lipinski definition) is 4. The van der Waals surface area contributed by atoms with E-state index >= 15 is 0 Å². The third-order valence-corrected chi connectivity index (χ3v) is 4.42. The number of halogens is 1. The molecule has 3 heterocycles. The molecule has 4 nitrogen and oxygen atoms in total. The second-order valence-electron chi connectivity index (χ2n) is 5.33. The van der Waals surface area contributed by atoms with E-state index in [1.54, 1.807) is 7.11 Å². The Kier molecular flexibility index (Phi) is 2.89. The Labute approximate surface area is 100 Å². The van der Waals surface area contributed by atoms with Gasteiger partial charge in [-0.1, -0.05) is 12.8 Å². The highest BCUT2D eigenvalue weighted by Gasteiger charge is 2.61. The Hall–Kier alpha value is -0.230. The number of alkyl halides is 1. The Morgan fingerprint density at radius 3 is 2.88 bits per heavy atom. The van der Waals surface area contributed by atoms with Crippen LogP contribution < -0.4 is 0 Å². The van der Waals surface area contributed by atoms with Gasteiger partial charge in [0.05, 0.1) is 0 Å². The molecule has 5 heteroatoms. The second-order valence-corrected chi connectivity index (χ2v) is 5.33. The summed E-state index contributed by atoms with van der Waals surface area (Å²) in [7, 11) is 1.58. The molecule has 4 aliphatic rings. The fourth-order valence-corrected chi connectivity index (χ4v) is 3.42. The third-order valence-electron chi connectivity index (χ3n) is 4.42. The van der Waals surface area contributed by atoms with Crippen LogP contribution >= 0.6 is 0 Å². The Balaban J connectivity index is 1.94. The summed E-state index contributed by atoms with van der Waals surface area (Å²) in [4.78, 5) is 10.9. The molecule has 0 radical (unpaired) electrons. The van der Waals surface area contributed by atoms with Crippen molar-refractivity contribution in [1.29, 1.82) is 0 Å². The van der Waals surface area contributed by atoms with E-state index in [4.69, 9.17) is 19.2 Å². The molecule has 1 spiro atoms. The molecular formula is C12H19FO4. The van der Waals surface area contributed by atoms with Crippen LogP contribution in [0.5, 0.6) is 0 Å². The molecule has 3 aliphatic heterocycles. The van der Waals surface area contributed by atoms with Gasteiger partial charge in [-0.25, -0.2) is 9.28 Å². The highest BCUT2D eigenvalue weighted by molar-refractivity contribution is 4.99. The Bertz CT molecular complexity index is 296. The smallest absolute Gasteiger partial charge is 0.232 e. The molecule has 0 aromatic carbocycles. The summed E-state index contributed by atoms with van der Waals surface area (Å²) in [6.07, 6.45) is 5.10. The summed E-state index contributed by atoms with van der Waals surface area (Å²) >= 11 is 0. The van der Waals surface area contributed by atoms with Crippen LogP contribution in [0.2, 0.25) is 0 Å². The standard InChI is InChI=1S/C12H19FO4/c1-14-10-12-6-3-2-4-9(12)5-7-11(8-13,15-10)16-17-12/h9-10H,2-8H2,1H3/t9-,10?,11+,12+/m1/s1. The number of rotatable bonds is 2. The van der Waals surface area contributed by atoms with Crippen LogP contribution in [0.15, 0.2) is 0 Å². The van der Waals surface area contributed by atoms with Gasteiger partial charge in [-0.05, 0) is 25.2 Å². The molecule has 2 bridgehead atoms. The summed E-state index contributed by atoms with van der Waals surface area (Å²) in [6, 6.07) is 0. The molecule has 1 unspecified atom stereocenters. The van der Waals surface area contributed by atoms with Crippen LogP contribution in [-0.2, 0) is 19.2 Å². The van der Waals surface area contributed by atoms with E-state index in [0.29, 0.717) is 12.3 Å². The van der Waals surface area contributed by atoms with E-state index in [-0.39, 0.29) is 0 Å². The molecule has 1 aliphatic carbocycles. The van der Waals surface area contributed by atoms with Crippen molar-refractivity contribution >= 4 is 0 Å². The predicted molar refractivity (Wildman–Crippen MR) is 56.7 cm³/mol. The molecule has 98 valence electrons. The molecular weight excluding hydrogens is 227 g/mol. The van der Waals surface area contributed by atoms with Gasteiger partial charge in [-0.15, -0.1) is 0 Å². The number of fused-ring (bicyclic) bond motifs is 3. The normalized spacial score (nSPS) is 49.8. The summed E-state index contributed by atoms with van der Waals surface area (Å²) in [6.45, 7) is -0.699. The van der Waals surface area contributed by atoms with Gasteiger partial charge >= 0.3 is 0 Å². The minimum Gasteiger partial charge on any atom is -0.353 e. The maximum Gasteiger partial charge on any atom is 0.232 e. The first-order valence-corrected chi connectivity index (χ1v) is 6.38. The molecule has 1 saturated carbocycles. The van der Waals surface area contributed by atoms with Crippen molar-refractivity contribution in [3.63, 3.8) is 0 Å². The van der Waals surface area contributed by atoms with Gasteiger partial charge in [0.1, 0.15) is 6.67 Å². The van der Waals surface area contributed by atoms with Crippen LogP contribution in [0.1, 0.15) is 38.5 Å². The average Bonchev–Trinajstić information content (AvgIpc) is 2.64. The van der Waals surface area contributed by atoms with Gasteiger partial charge in [-0.2, -0.15) is 4.89 Å². The van der Waals surface area contributed by atoms with Gasteiger partial charge in [0.2, 0.25) is 5.79 Å². The zero-order valence-corrected chi connectivity index (χ0v) is 10.1. The molecule has 3 saturated heterocycles. The van der Waals surface area contributed by atoms with Crippen LogP contribution in [0.25, 0.3) is 0 Å². The van der Waals surface area contributed by atoms with Gasteiger partial charge < -0.3 is 9.47 Å². The molecule has 17 heavy (non-hydrogen) atoms. The summed E-state index contributed by atoms with van der Waals surface area (Å²) in [5.41, 5.74) is -0.526. The molecule has 0 aromatic heterocycles. The average molecular weight is 246 g/mol. The largest absolute Gasteiger partial charge is 0.353 e. The fourth-order valence-electron chi connectivity index (χ4n) is 3.42. The second kappa shape index (κ2) is 4.16. The van der Waals surface area contributed by atoms with E-state index in [1.165, 1.54) is 6.42 Å². The zero-order valence-electron chi connectivity index (χ0n) is 10.1. The van der Waals surface area contributed by atoms with Crippen LogP contribution in [0.3, 0.4) is 0 Å². The van der Waals surface area contributed by atoms with E-state index in [0.717, 1.165) is 25.7 Å². The fraction of sp³-hybridized carbons (Fsp3) is 1.00. The SMILES string of the molecule is COC1O[C@@]2(CF)CC[C@H]3CCCC[C@@]13OO2. The Morgan fingerprint density at radius 1 is 1.24 bits per heavy atom. The summed E-state index contributed by atoms with van der Waals surface area (Å²) < 4.78 is 24.2. The van der Waals surface area contributed by atoms with Crippen LogP contribution in [-0.4, -0.2) is 31.5 Å². The van der Waals surface area contributed by atoms with E-state index in [1.807, 2.05) is 0 Å². The number of hydrogen-bond donors (Lipinski definition) is 0. The lowest BCUT2D eigenvalue weighted by atomic mass is 9.73. The van der Waals surface area contributed by atoms with Gasteiger partial charge in [-0.3, -0.25) is 0 Å². The van der Waals surface area contributed by atoms with Crippen LogP contribution in [0, 0.1) is 5.92 Å². The summed E-state index contributed by atoms with van der Waals surface area (Å²) in [5, 5.41) is 0. The van der Waals surface area contributed by atoms with Gasteiger partial charge in [0.15, 0.2) is 11.9 Å². The van der Waals surface area contributed by atoms with Crippen molar-refractivity contribution in [3.05, 3.63) is 0 Å². The van der Waals surface area contributed by atoms with Crippen LogP contribution in [0.4, 0.5) is 4.39 Å². The molecule has 0 N–H and O–H groups in total. The first kappa shape index (κ1) is 11.8. The molecule has 4 rings (SSSR count).